The first-order valence-corrected chi connectivity index (χ1v) is 9.31. The lowest BCUT2D eigenvalue weighted by Gasteiger charge is -2.37. The third kappa shape index (κ3) is 5.02. The van der Waals surface area contributed by atoms with Crippen molar-refractivity contribution in [2.75, 3.05) is 39.4 Å². The molecule has 1 atom stereocenters. The van der Waals surface area contributed by atoms with E-state index >= 15 is 0 Å². The summed E-state index contributed by atoms with van der Waals surface area (Å²) < 4.78 is 5.41. The molecule has 5 nitrogen and oxygen atoms in total. The number of hydrogen-bond acceptors (Lipinski definition) is 4. The number of nitrogens with zero attached hydrogens (tertiary/aromatic N) is 3. The summed E-state index contributed by atoms with van der Waals surface area (Å²) in [5, 5.41) is 0. The number of ether oxygens (including phenoxy) is 1. The van der Waals surface area contributed by atoms with Gasteiger partial charge in [0.25, 0.3) is 0 Å². The largest absolute Gasteiger partial charge is 0.379 e. The molecule has 0 spiro atoms. The van der Waals surface area contributed by atoms with Crippen molar-refractivity contribution in [1.29, 1.82) is 0 Å². The molecular formula is C19H29N3O2. The molecule has 1 aromatic heterocycles. The van der Waals surface area contributed by atoms with Gasteiger partial charge in [-0.25, -0.2) is 0 Å². The van der Waals surface area contributed by atoms with Crippen molar-refractivity contribution in [2.45, 2.75) is 44.6 Å². The minimum Gasteiger partial charge on any atom is -0.379 e. The first kappa shape index (κ1) is 17.4. The van der Waals surface area contributed by atoms with E-state index in [0.717, 1.165) is 65.1 Å². The van der Waals surface area contributed by atoms with Gasteiger partial charge in [-0.1, -0.05) is 0 Å². The van der Waals surface area contributed by atoms with Crippen LogP contribution in [0.25, 0.3) is 0 Å². The zero-order valence-corrected chi connectivity index (χ0v) is 14.5. The van der Waals surface area contributed by atoms with E-state index in [1.165, 1.54) is 12.0 Å². The third-order valence-electron chi connectivity index (χ3n) is 5.21. The maximum Gasteiger partial charge on any atom is 0.223 e. The number of hydrogen-bond donors (Lipinski definition) is 0. The van der Waals surface area contributed by atoms with E-state index in [9.17, 15) is 4.79 Å². The van der Waals surface area contributed by atoms with Crippen LogP contribution in [0.15, 0.2) is 24.5 Å². The molecule has 1 amide bonds. The number of aryl methyl sites for hydroxylation is 1. The van der Waals surface area contributed by atoms with Crippen LogP contribution >= 0.6 is 0 Å². The minimum absolute atomic E-state index is 0.318. The van der Waals surface area contributed by atoms with Gasteiger partial charge in [-0.3, -0.25) is 14.7 Å². The number of carbonyl (C=O) groups excluding carboxylic acids is 1. The van der Waals surface area contributed by atoms with Crippen molar-refractivity contribution in [3.8, 4) is 0 Å². The van der Waals surface area contributed by atoms with Crippen molar-refractivity contribution in [1.82, 2.24) is 14.8 Å². The minimum atomic E-state index is 0.318. The van der Waals surface area contributed by atoms with Crippen LogP contribution in [-0.2, 0) is 16.0 Å². The standard InChI is InChI=1S/C19H29N3O2/c23-19(5-4-17-6-9-20-10-7-17)22-11-2-1-3-18(22)8-12-21-13-15-24-16-14-21/h6-7,9-10,18H,1-5,8,11-16H2/t18-/m1/s1. The molecule has 0 N–H and O–H groups in total. The van der Waals surface area contributed by atoms with Crippen molar-refractivity contribution in [2.24, 2.45) is 0 Å². The van der Waals surface area contributed by atoms with Crippen LogP contribution in [0.1, 0.15) is 37.7 Å². The van der Waals surface area contributed by atoms with Crippen molar-refractivity contribution >= 4 is 5.91 Å². The number of aromatic nitrogens is 1. The van der Waals surface area contributed by atoms with Gasteiger partial charge in [-0.05, 0) is 49.8 Å². The molecule has 0 saturated carbocycles. The third-order valence-corrected chi connectivity index (χ3v) is 5.21. The zero-order chi connectivity index (χ0) is 16.6. The topological polar surface area (TPSA) is 45.7 Å². The van der Waals surface area contributed by atoms with Gasteiger partial charge in [0.15, 0.2) is 0 Å². The Morgan fingerprint density at radius 1 is 1.17 bits per heavy atom. The average molecular weight is 331 g/mol. The maximum absolute atomic E-state index is 12.7. The lowest BCUT2D eigenvalue weighted by molar-refractivity contribution is -0.135. The van der Waals surface area contributed by atoms with E-state index in [4.69, 9.17) is 4.74 Å². The maximum atomic E-state index is 12.7. The van der Waals surface area contributed by atoms with Crippen molar-refractivity contribution in [3.05, 3.63) is 30.1 Å². The Bertz CT molecular complexity index is 503. The molecule has 3 heterocycles. The normalized spacial score (nSPS) is 22.5. The number of amides is 1. The SMILES string of the molecule is O=C(CCc1ccncc1)N1CCCC[C@@H]1CCN1CCOCC1. The summed E-state index contributed by atoms with van der Waals surface area (Å²) in [7, 11) is 0. The fourth-order valence-corrected chi connectivity index (χ4v) is 3.73. The molecular weight excluding hydrogens is 302 g/mol. The van der Waals surface area contributed by atoms with E-state index < -0.39 is 0 Å². The zero-order valence-electron chi connectivity index (χ0n) is 14.5. The summed E-state index contributed by atoms with van der Waals surface area (Å²) in [5.41, 5.74) is 1.19. The van der Waals surface area contributed by atoms with Crippen LogP contribution in [-0.4, -0.2) is 66.1 Å². The van der Waals surface area contributed by atoms with Gasteiger partial charge in [0.1, 0.15) is 0 Å². The molecule has 1 aromatic rings. The monoisotopic (exact) mass is 331 g/mol. The number of pyridine rings is 1. The summed E-state index contributed by atoms with van der Waals surface area (Å²) >= 11 is 0. The van der Waals surface area contributed by atoms with Gasteiger partial charge in [0.2, 0.25) is 5.91 Å². The number of morpholine rings is 1. The molecule has 0 unspecified atom stereocenters. The molecule has 2 fully saturated rings. The first-order chi connectivity index (χ1) is 11.8. The van der Waals surface area contributed by atoms with Gasteiger partial charge in [-0.2, -0.15) is 0 Å². The van der Waals surface area contributed by atoms with Crippen LogP contribution in [0.5, 0.6) is 0 Å². The average Bonchev–Trinajstić information content (AvgIpc) is 2.66. The van der Waals surface area contributed by atoms with Gasteiger partial charge in [0.05, 0.1) is 13.2 Å². The first-order valence-electron chi connectivity index (χ1n) is 9.31. The Kier molecular flexibility index (Phi) is 6.61. The van der Waals surface area contributed by atoms with E-state index in [-0.39, 0.29) is 0 Å². The highest BCUT2D eigenvalue weighted by molar-refractivity contribution is 5.76. The van der Waals surface area contributed by atoms with Crippen molar-refractivity contribution < 1.29 is 9.53 Å². The number of carbonyl (C=O) groups is 1. The van der Waals surface area contributed by atoms with Gasteiger partial charge >= 0.3 is 0 Å². The summed E-state index contributed by atoms with van der Waals surface area (Å²) in [6, 6.07) is 4.42. The molecule has 24 heavy (non-hydrogen) atoms. The number of rotatable bonds is 6. The highest BCUT2D eigenvalue weighted by Gasteiger charge is 2.26. The highest BCUT2D eigenvalue weighted by atomic mass is 16.5. The Hall–Kier alpha value is -1.46. The lowest BCUT2D eigenvalue weighted by Crippen LogP contribution is -2.46. The second-order valence-corrected chi connectivity index (χ2v) is 6.83. The predicted octanol–water partition coefficient (Wildman–Crippen LogP) is 2.12. The summed E-state index contributed by atoms with van der Waals surface area (Å²) in [6.45, 7) is 5.77. The van der Waals surface area contributed by atoms with E-state index in [1.54, 1.807) is 12.4 Å². The van der Waals surface area contributed by atoms with Gasteiger partial charge in [0, 0.05) is 51.0 Å². The molecule has 0 aliphatic carbocycles. The molecule has 132 valence electrons. The van der Waals surface area contributed by atoms with Crippen LogP contribution in [0.4, 0.5) is 0 Å². The van der Waals surface area contributed by atoms with Gasteiger partial charge in [-0.15, -0.1) is 0 Å². The highest BCUT2D eigenvalue weighted by Crippen LogP contribution is 2.21. The Labute approximate surface area is 145 Å². The van der Waals surface area contributed by atoms with Crippen LogP contribution in [0, 0.1) is 0 Å². The summed E-state index contributed by atoms with van der Waals surface area (Å²) in [6.07, 6.45) is 9.67. The van der Waals surface area contributed by atoms with E-state index in [1.807, 2.05) is 12.1 Å². The lowest BCUT2D eigenvalue weighted by atomic mass is 9.98. The second kappa shape index (κ2) is 9.14. The molecule has 0 aromatic carbocycles. The second-order valence-electron chi connectivity index (χ2n) is 6.83. The fraction of sp³-hybridized carbons (Fsp3) is 0.684. The smallest absolute Gasteiger partial charge is 0.223 e. The Morgan fingerprint density at radius 3 is 2.75 bits per heavy atom. The quantitative estimate of drug-likeness (QED) is 0.801. The molecule has 0 bridgehead atoms. The van der Waals surface area contributed by atoms with Gasteiger partial charge < -0.3 is 9.64 Å². The van der Waals surface area contributed by atoms with Crippen LogP contribution < -0.4 is 0 Å². The summed E-state index contributed by atoms with van der Waals surface area (Å²) in [4.78, 5) is 21.4. The van der Waals surface area contributed by atoms with E-state index in [2.05, 4.69) is 14.8 Å². The van der Waals surface area contributed by atoms with Crippen molar-refractivity contribution in [3.63, 3.8) is 0 Å². The Balaban J connectivity index is 1.48. The van der Waals surface area contributed by atoms with E-state index in [0.29, 0.717) is 18.4 Å². The number of likely N-dealkylation sites (tertiary alicyclic amines) is 1. The molecule has 2 saturated heterocycles. The molecule has 3 rings (SSSR count). The number of piperidine rings is 1. The molecule has 0 radical (unpaired) electrons. The molecule has 2 aliphatic rings. The molecule has 2 aliphatic heterocycles. The van der Waals surface area contributed by atoms with Crippen LogP contribution in [0.2, 0.25) is 0 Å². The predicted molar refractivity (Wildman–Crippen MR) is 93.8 cm³/mol. The van der Waals surface area contributed by atoms with Crippen LogP contribution in [0.3, 0.4) is 0 Å². The Morgan fingerprint density at radius 2 is 1.96 bits per heavy atom. The molecule has 5 heteroatoms. The summed E-state index contributed by atoms with van der Waals surface area (Å²) in [5.74, 6) is 0.318. The fourth-order valence-electron chi connectivity index (χ4n) is 3.73.